The number of esters is 1. The van der Waals surface area contributed by atoms with Crippen LogP contribution in [0.4, 0.5) is 0 Å². The van der Waals surface area contributed by atoms with Crippen LogP contribution in [-0.4, -0.2) is 26.0 Å². The van der Waals surface area contributed by atoms with Crippen LogP contribution in [-0.2, 0) is 0 Å². The van der Waals surface area contributed by atoms with Gasteiger partial charge >= 0.3 is 5.97 Å². The molecule has 156 valence electrons. The van der Waals surface area contributed by atoms with Crippen LogP contribution < -0.4 is 18.9 Å². The average molecular weight is 437 g/mol. The van der Waals surface area contributed by atoms with Gasteiger partial charge in [-0.2, -0.15) is 0 Å². The minimum atomic E-state index is -0.544. The standard InChI is InChI=1S/C24H17ClO6/c1-28-17-8-10-20(29-2)15(11-17)12-22-23(26)19-9-7-18(13-21(19)31-22)30-24(27)14-3-5-16(25)6-4-14/h3-13H,1-2H3. The molecule has 1 heterocycles. The van der Waals surface area contributed by atoms with Crippen molar-refractivity contribution in [2.45, 2.75) is 0 Å². The Morgan fingerprint density at radius 2 is 1.68 bits per heavy atom. The van der Waals surface area contributed by atoms with E-state index in [-0.39, 0.29) is 17.3 Å². The molecule has 0 aromatic heterocycles. The van der Waals surface area contributed by atoms with E-state index >= 15 is 0 Å². The summed E-state index contributed by atoms with van der Waals surface area (Å²) in [6, 6.07) is 16.2. The number of ether oxygens (including phenoxy) is 4. The van der Waals surface area contributed by atoms with E-state index in [0.29, 0.717) is 39.0 Å². The van der Waals surface area contributed by atoms with Crippen LogP contribution in [0.5, 0.6) is 23.0 Å². The van der Waals surface area contributed by atoms with E-state index in [1.807, 2.05) is 0 Å². The Morgan fingerprint density at radius 3 is 2.39 bits per heavy atom. The van der Waals surface area contributed by atoms with E-state index < -0.39 is 5.97 Å². The number of hydrogen-bond acceptors (Lipinski definition) is 6. The Balaban J connectivity index is 1.58. The van der Waals surface area contributed by atoms with Gasteiger partial charge in [-0.05, 0) is 60.7 Å². The lowest BCUT2D eigenvalue weighted by atomic mass is 10.1. The van der Waals surface area contributed by atoms with E-state index in [9.17, 15) is 9.59 Å². The van der Waals surface area contributed by atoms with E-state index in [4.69, 9.17) is 30.5 Å². The maximum Gasteiger partial charge on any atom is 0.343 e. The SMILES string of the molecule is COc1ccc(OC)c(C=C2Oc3cc(OC(=O)c4ccc(Cl)cc4)ccc3C2=O)c1. The Bertz CT molecular complexity index is 1200. The maximum atomic E-state index is 12.8. The molecule has 0 atom stereocenters. The molecule has 0 aliphatic carbocycles. The number of allylic oxidation sites excluding steroid dienone is 1. The summed E-state index contributed by atoms with van der Waals surface area (Å²) in [5.74, 6) is 1.05. The van der Waals surface area contributed by atoms with Gasteiger partial charge in [0.15, 0.2) is 5.76 Å². The molecule has 0 saturated carbocycles. The van der Waals surface area contributed by atoms with Crippen molar-refractivity contribution in [2.75, 3.05) is 14.2 Å². The maximum absolute atomic E-state index is 12.8. The van der Waals surface area contributed by atoms with Crippen LogP contribution in [0.3, 0.4) is 0 Å². The molecule has 4 rings (SSSR count). The molecule has 3 aromatic carbocycles. The molecule has 0 bridgehead atoms. The first-order valence-corrected chi connectivity index (χ1v) is 9.64. The predicted octanol–water partition coefficient (Wildman–Crippen LogP) is 5.19. The summed E-state index contributed by atoms with van der Waals surface area (Å²) >= 11 is 5.84. The number of rotatable bonds is 5. The molecule has 3 aromatic rings. The topological polar surface area (TPSA) is 71.1 Å². The van der Waals surface area contributed by atoms with Gasteiger partial charge in [0.1, 0.15) is 23.0 Å². The van der Waals surface area contributed by atoms with Crippen molar-refractivity contribution >= 4 is 29.4 Å². The van der Waals surface area contributed by atoms with Gasteiger partial charge in [0.25, 0.3) is 0 Å². The second-order valence-electron chi connectivity index (χ2n) is 6.60. The number of halogens is 1. The molecule has 1 aliphatic rings. The second kappa shape index (κ2) is 8.53. The highest BCUT2D eigenvalue weighted by Crippen LogP contribution is 2.36. The van der Waals surface area contributed by atoms with Gasteiger partial charge in [0, 0.05) is 16.7 Å². The first-order chi connectivity index (χ1) is 15.0. The summed E-state index contributed by atoms with van der Waals surface area (Å²) in [7, 11) is 3.09. The van der Waals surface area contributed by atoms with Crippen LogP contribution in [0, 0.1) is 0 Å². The fraction of sp³-hybridized carbons (Fsp3) is 0.0833. The highest BCUT2D eigenvalue weighted by atomic mass is 35.5. The van der Waals surface area contributed by atoms with Crippen LogP contribution in [0.1, 0.15) is 26.3 Å². The molecule has 1 aliphatic heterocycles. The highest BCUT2D eigenvalue weighted by Gasteiger charge is 2.28. The van der Waals surface area contributed by atoms with Crippen molar-refractivity contribution in [3.63, 3.8) is 0 Å². The number of fused-ring (bicyclic) bond motifs is 1. The molecule has 0 spiro atoms. The summed E-state index contributed by atoms with van der Waals surface area (Å²) in [6.45, 7) is 0. The van der Waals surface area contributed by atoms with Gasteiger partial charge in [-0.3, -0.25) is 4.79 Å². The molecule has 0 unspecified atom stereocenters. The quantitative estimate of drug-likeness (QED) is 0.311. The van der Waals surface area contributed by atoms with Crippen molar-refractivity contribution in [2.24, 2.45) is 0 Å². The fourth-order valence-corrected chi connectivity index (χ4v) is 3.20. The van der Waals surface area contributed by atoms with Crippen molar-refractivity contribution in [3.8, 4) is 23.0 Å². The minimum Gasteiger partial charge on any atom is -0.497 e. The molecule has 0 N–H and O–H groups in total. The Labute approximate surface area is 183 Å². The first-order valence-electron chi connectivity index (χ1n) is 9.26. The third-order valence-corrected chi connectivity index (χ3v) is 4.91. The smallest absolute Gasteiger partial charge is 0.343 e. The molecule has 0 amide bonds. The van der Waals surface area contributed by atoms with Gasteiger partial charge in [0.05, 0.1) is 25.3 Å². The average Bonchev–Trinajstić information content (AvgIpc) is 3.08. The van der Waals surface area contributed by atoms with Gasteiger partial charge < -0.3 is 18.9 Å². The lowest BCUT2D eigenvalue weighted by Gasteiger charge is -2.08. The van der Waals surface area contributed by atoms with Crippen LogP contribution >= 0.6 is 11.6 Å². The van der Waals surface area contributed by atoms with Crippen LogP contribution in [0.2, 0.25) is 5.02 Å². The lowest BCUT2D eigenvalue weighted by Crippen LogP contribution is -2.08. The third-order valence-electron chi connectivity index (χ3n) is 4.66. The molecule has 31 heavy (non-hydrogen) atoms. The minimum absolute atomic E-state index is 0.128. The normalized spacial score (nSPS) is 13.5. The molecular weight excluding hydrogens is 420 g/mol. The van der Waals surface area contributed by atoms with E-state index in [0.717, 1.165) is 0 Å². The van der Waals surface area contributed by atoms with E-state index in [1.165, 1.54) is 13.2 Å². The monoisotopic (exact) mass is 436 g/mol. The second-order valence-corrected chi connectivity index (χ2v) is 7.04. The number of methoxy groups -OCH3 is 2. The van der Waals surface area contributed by atoms with Crippen molar-refractivity contribution in [1.82, 2.24) is 0 Å². The summed E-state index contributed by atoms with van der Waals surface area (Å²) in [5, 5.41) is 0.521. The van der Waals surface area contributed by atoms with Gasteiger partial charge in [-0.1, -0.05) is 11.6 Å². The Morgan fingerprint density at radius 1 is 0.935 bits per heavy atom. The number of carbonyl (C=O) groups is 2. The number of ketones is 1. The Hall–Kier alpha value is -3.77. The van der Waals surface area contributed by atoms with E-state index in [1.54, 1.807) is 67.8 Å². The third kappa shape index (κ3) is 4.25. The number of hydrogen-bond donors (Lipinski definition) is 0. The zero-order valence-electron chi connectivity index (χ0n) is 16.7. The van der Waals surface area contributed by atoms with Crippen molar-refractivity contribution in [1.29, 1.82) is 0 Å². The summed E-state index contributed by atoms with van der Waals surface area (Å²) in [5.41, 5.74) is 1.36. The number of Topliss-reactive ketones (excluding diaryl/α,β-unsaturated/α-hetero) is 1. The molecule has 7 heteroatoms. The van der Waals surface area contributed by atoms with E-state index in [2.05, 4.69) is 0 Å². The van der Waals surface area contributed by atoms with Gasteiger partial charge in [-0.25, -0.2) is 4.79 Å². The Kier molecular flexibility index (Phi) is 5.64. The fourth-order valence-electron chi connectivity index (χ4n) is 3.08. The number of carbonyl (C=O) groups excluding carboxylic acids is 2. The molecule has 0 radical (unpaired) electrons. The molecule has 6 nitrogen and oxygen atoms in total. The van der Waals surface area contributed by atoms with Gasteiger partial charge in [0.2, 0.25) is 5.78 Å². The zero-order valence-corrected chi connectivity index (χ0v) is 17.4. The summed E-state index contributed by atoms with van der Waals surface area (Å²) in [6.07, 6.45) is 1.59. The first kappa shape index (κ1) is 20.5. The molecule has 0 saturated heterocycles. The molecule has 0 fully saturated rings. The largest absolute Gasteiger partial charge is 0.497 e. The summed E-state index contributed by atoms with van der Waals surface area (Å²) in [4.78, 5) is 25.1. The zero-order chi connectivity index (χ0) is 22.0. The lowest BCUT2D eigenvalue weighted by molar-refractivity contribution is 0.0734. The predicted molar refractivity (Wildman–Crippen MR) is 115 cm³/mol. The summed E-state index contributed by atoms with van der Waals surface area (Å²) < 4.78 is 21.7. The van der Waals surface area contributed by atoms with Crippen LogP contribution in [0.25, 0.3) is 6.08 Å². The van der Waals surface area contributed by atoms with Crippen molar-refractivity contribution < 1.29 is 28.5 Å². The van der Waals surface area contributed by atoms with Crippen LogP contribution in [0.15, 0.2) is 66.4 Å². The van der Waals surface area contributed by atoms with Gasteiger partial charge in [-0.15, -0.1) is 0 Å². The molecular formula is C24H17ClO6. The van der Waals surface area contributed by atoms with Crippen molar-refractivity contribution in [3.05, 3.63) is 88.1 Å². The number of benzene rings is 3. The highest BCUT2D eigenvalue weighted by molar-refractivity contribution is 6.30.